The van der Waals surface area contributed by atoms with Gasteiger partial charge in [0.05, 0.1) is 5.69 Å². The standard InChI is InChI=1S/C12H20N2O/c1-5-6-11-13-10(7-8(2)3)9(4)12(15)14-11/h8H,5-7H2,1-4H3,(H,13,14,15). The lowest BCUT2D eigenvalue weighted by molar-refractivity contribution is 0.623. The van der Waals surface area contributed by atoms with E-state index in [2.05, 4.69) is 30.7 Å². The number of nitrogens with zero attached hydrogens (tertiary/aromatic N) is 1. The molecule has 0 saturated carbocycles. The second-order valence-corrected chi connectivity index (χ2v) is 4.43. The topological polar surface area (TPSA) is 45.8 Å². The minimum absolute atomic E-state index is 0.0177. The lowest BCUT2D eigenvalue weighted by Gasteiger charge is -2.08. The van der Waals surface area contributed by atoms with Crippen LogP contribution in [0.3, 0.4) is 0 Å². The van der Waals surface area contributed by atoms with Gasteiger partial charge in [-0.1, -0.05) is 20.8 Å². The molecule has 0 atom stereocenters. The van der Waals surface area contributed by atoms with Gasteiger partial charge >= 0.3 is 0 Å². The molecule has 0 amide bonds. The molecule has 1 aromatic heterocycles. The van der Waals surface area contributed by atoms with E-state index in [1.165, 1.54) is 0 Å². The summed E-state index contributed by atoms with van der Waals surface area (Å²) in [6.45, 7) is 8.21. The Balaban J connectivity index is 3.07. The lowest BCUT2D eigenvalue weighted by atomic mass is 10.0. The van der Waals surface area contributed by atoms with Crippen LogP contribution >= 0.6 is 0 Å². The van der Waals surface area contributed by atoms with Crippen LogP contribution in [0.2, 0.25) is 0 Å². The van der Waals surface area contributed by atoms with Crippen molar-refractivity contribution in [3.05, 3.63) is 27.4 Å². The number of hydrogen-bond acceptors (Lipinski definition) is 2. The van der Waals surface area contributed by atoms with E-state index >= 15 is 0 Å². The molecule has 0 spiro atoms. The smallest absolute Gasteiger partial charge is 0.254 e. The van der Waals surface area contributed by atoms with Crippen LogP contribution < -0.4 is 5.56 Å². The van der Waals surface area contributed by atoms with Crippen molar-refractivity contribution in [1.29, 1.82) is 0 Å². The summed E-state index contributed by atoms with van der Waals surface area (Å²) in [5, 5.41) is 0. The van der Waals surface area contributed by atoms with Crippen molar-refractivity contribution in [2.75, 3.05) is 0 Å². The van der Waals surface area contributed by atoms with E-state index in [1.807, 2.05) is 6.92 Å². The van der Waals surface area contributed by atoms with Crippen LogP contribution in [-0.2, 0) is 12.8 Å². The molecule has 0 bridgehead atoms. The Labute approximate surface area is 91.0 Å². The molecule has 0 fully saturated rings. The molecule has 1 heterocycles. The Morgan fingerprint density at radius 2 is 2.07 bits per heavy atom. The summed E-state index contributed by atoms with van der Waals surface area (Å²) < 4.78 is 0. The van der Waals surface area contributed by atoms with Gasteiger partial charge in [0, 0.05) is 12.0 Å². The van der Waals surface area contributed by atoms with E-state index in [1.54, 1.807) is 0 Å². The van der Waals surface area contributed by atoms with Crippen LogP contribution in [0.25, 0.3) is 0 Å². The highest BCUT2D eigenvalue weighted by molar-refractivity contribution is 5.16. The summed E-state index contributed by atoms with van der Waals surface area (Å²) in [4.78, 5) is 19.0. The number of aromatic amines is 1. The van der Waals surface area contributed by atoms with E-state index in [4.69, 9.17) is 0 Å². The maximum Gasteiger partial charge on any atom is 0.254 e. The van der Waals surface area contributed by atoms with Crippen LogP contribution in [0.4, 0.5) is 0 Å². The average Bonchev–Trinajstić information content (AvgIpc) is 2.13. The molecule has 84 valence electrons. The molecule has 0 aromatic carbocycles. The van der Waals surface area contributed by atoms with Gasteiger partial charge in [0.15, 0.2) is 0 Å². The van der Waals surface area contributed by atoms with Gasteiger partial charge in [-0.3, -0.25) is 4.79 Å². The van der Waals surface area contributed by atoms with Crippen molar-refractivity contribution in [2.45, 2.75) is 47.0 Å². The number of rotatable bonds is 4. The number of H-pyrrole nitrogens is 1. The molecule has 1 N–H and O–H groups in total. The van der Waals surface area contributed by atoms with E-state index < -0.39 is 0 Å². The predicted molar refractivity (Wildman–Crippen MR) is 62.1 cm³/mol. The fourth-order valence-corrected chi connectivity index (χ4v) is 1.57. The van der Waals surface area contributed by atoms with Crippen LogP contribution in [0.15, 0.2) is 4.79 Å². The minimum Gasteiger partial charge on any atom is -0.310 e. The van der Waals surface area contributed by atoms with Gasteiger partial charge in [0.2, 0.25) is 0 Å². The van der Waals surface area contributed by atoms with Gasteiger partial charge in [0.25, 0.3) is 5.56 Å². The van der Waals surface area contributed by atoms with E-state index in [0.29, 0.717) is 5.92 Å². The third kappa shape index (κ3) is 3.18. The van der Waals surface area contributed by atoms with Crippen molar-refractivity contribution < 1.29 is 0 Å². The Bertz CT molecular complexity index is 380. The molecule has 0 aliphatic rings. The van der Waals surface area contributed by atoms with E-state index in [0.717, 1.165) is 36.3 Å². The number of aryl methyl sites for hydroxylation is 1. The first-order chi connectivity index (χ1) is 7.04. The Morgan fingerprint density at radius 1 is 1.40 bits per heavy atom. The third-order valence-corrected chi connectivity index (χ3v) is 2.39. The van der Waals surface area contributed by atoms with Crippen LogP contribution in [-0.4, -0.2) is 9.97 Å². The average molecular weight is 208 g/mol. The van der Waals surface area contributed by atoms with E-state index in [9.17, 15) is 4.79 Å². The second kappa shape index (κ2) is 5.10. The third-order valence-electron chi connectivity index (χ3n) is 2.39. The first-order valence-electron chi connectivity index (χ1n) is 5.63. The van der Waals surface area contributed by atoms with Gasteiger partial charge in [-0.25, -0.2) is 4.98 Å². The summed E-state index contributed by atoms with van der Waals surface area (Å²) in [7, 11) is 0. The first kappa shape index (κ1) is 12.0. The van der Waals surface area contributed by atoms with Crippen molar-refractivity contribution in [2.24, 2.45) is 5.92 Å². The Morgan fingerprint density at radius 3 is 2.60 bits per heavy atom. The molecule has 3 heteroatoms. The zero-order chi connectivity index (χ0) is 11.4. The van der Waals surface area contributed by atoms with Crippen molar-refractivity contribution in [1.82, 2.24) is 9.97 Å². The predicted octanol–water partition coefficient (Wildman–Crippen LogP) is 2.23. The maximum atomic E-state index is 11.6. The summed E-state index contributed by atoms with van der Waals surface area (Å²) in [6, 6.07) is 0. The highest BCUT2D eigenvalue weighted by atomic mass is 16.1. The monoisotopic (exact) mass is 208 g/mol. The molecule has 0 aliphatic heterocycles. The van der Waals surface area contributed by atoms with Crippen molar-refractivity contribution in [3.63, 3.8) is 0 Å². The first-order valence-corrected chi connectivity index (χ1v) is 5.63. The molecule has 1 rings (SSSR count). The zero-order valence-electron chi connectivity index (χ0n) is 10.1. The minimum atomic E-state index is 0.0177. The Hall–Kier alpha value is -1.12. The highest BCUT2D eigenvalue weighted by Gasteiger charge is 2.08. The summed E-state index contributed by atoms with van der Waals surface area (Å²) in [5.41, 5.74) is 1.74. The van der Waals surface area contributed by atoms with Gasteiger partial charge in [0.1, 0.15) is 5.82 Å². The highest BCUT2D eigenvalue weighted by Crippen LogP contribution is 2.08. The summed E-state index contributed by atoms with van der Waals surface area (Å²) in [5.74, 6) is 1.36. The molecule has 1 aromatic rings. The van der Waals surface area contributed by atoms with Crippen molar-refractivity contribution >= 4 is 0 Å². The second-order valence-electron chi connectivity index (χ2n) is 4.43. The quantitative estimate of drug-likeness (QED) is 0.824. The van der Waals surface area contributed by atoms with Crippen molar-refractivity contribution in [3.8, 4) is 0 Å². The molecule has 0 unspecified atom stereocenters. The van der Waals surface area contributed by atoms with Crippen LogP contribution in [0.1, 0.15) is 44.3 Å². The normalized spacial score (nSPS) is 11.0. The van der Waals surface area contributed by atoms with Crippen LogP contribution in [0, 0.1) is 12.8 Å². The van der Waals surface area contributed by atoms with E-state index in [-0.39, 0.29) is 5.56 Å². The fraction of sp³-hybridized carbons (Fsp3) is 0.667. The van der Waals surface area contributed by atoms with Crippen LogP contribution in [0.5, 0.6) is 0 Å². The molecule has 0 aliphatic carbocycles. The summed E-state index contributed by atoms with van der Waals surface area (Å²) >= 11 is 0. The molecular formula is C12H20N2O. The fourth-order valence-electron chi connectivity index (χ4n) is 1.57. The molecule has 15 heavy (non-hydrogen) atoms. The largest absolute Gasteiger partial charge is 0.310 e. The Kier molecular flexibility index (Phi) is 4.06. The molecule has 3 nitrogen and oxygen atoms in total. The lowest BCUT2D eigenvalue weighted by Crippen LogP contribution is -2.18. The van der Waals surface area contributed by atoms with Gasteiger partial charge in [-0.05, 0) is 25.7 Å². The van der Waals surface area contributed by atoms with Gasteiger partial charge in [-0.2, -0.15) is 0 Å². The number of nitrogens with one attached hydrogen (secondary N) is 1. The molecular weight excluding hydrogens is 188 g/mol. The van der Waals surface area contributed by atoms with Gasteiger partial charge < -0.3 is 4.98 Å². The zero-order valence-corrected chi connectivity index (χ0v) is 10.1. The number of aromatic nitrogens is 2. The molecule has 0 radical (unpaired) electrons. The number of hydrogen-bond donors (Lipinski definition) is 1. The molecule has 0 saturated heterocycles. The SMILES string of the molecule is CCCc1nc(CC(C)C)c(C)c(=O)[nH]1. The summed E-state index contributed by atoms with van der Waals surface area (Å²) in [6.07, 6.45) is 2.74. The van der Waals surface area contributed by atoms with Gasteiger partial charge in [-0.15, -0.1) is 0 Å². The maximum absolute atomic E-state index is 11.6.